The van der Waals surface area contributed by atoms with Crippen LogP contribution in [0.2, 0.25) is 0 Å². The summed E-state index contributed by atoms with van der Waals surface area (Å²) in [5.41, 5.74) is 2.40. The minimum atomic E-state index is -0.231. The molecule has 0 amide bonds. The van der Waals surface area contributed by atoms with Crippen LogP contribution in [0.25, 0.3) is 0 Å². The van der Waals surface area contributed by atoms with E-state index in [9.17, 15) is 4.39 Å². The molecule has 2 aliphatic carbocycles. The maximum Gasteiger partial charge on any atom is 0.244 e. The molecule has 1 spiro atoms. The molecule has 0 radical (unpaired) electrons. The zero-order chi connectivity index (χ0) is 22.9. The Morgan fingerprint density at radius 2 is 2.03 bits per heavy atom. The van der Waals surface area contributed by atoms with Gasteiger partial charge in [-0.2, -0.15) is 10.1 Å². The maximum atomic E-state index is 13.4. The summed E-state index contributed by atoms with van der Waals surface area (Å²) in [6, 6.07) is 8.94. The van der Waals surface area contributed by atoms with Gasteiger partial charge >= 0.3 is 0 Å². The molecule has 7 rings (SSSR count). The average molecular weight is 463 g/mol. The summed E-state index contributed by atoms with van der Waals surface area (Å²) in [5, 5.41) is 16.6. The van der Waals surface area contributed by atoms with Crippen LogP contribution in [0.1, 0.15) is 19.3 Å². The number of fused-ring (bicyclic) bond motifs is 1. The van der Waals surface area contributed by atoms with Crippen molar-refractivity contribution in [3.05, 3.63) is 42.3 Å². The van der Waals surface area contributed by atoms with Gasteiger partial charge in [0.15, 0.2) is 0 Å². The van der Waals surface area contributed by atoms with E-state index < -0.39 is 0 Å². The average Bonchev–Trinajstić information content (AvgIpc) is 3.45. The number of anilines is 4. The van der Waals surface area contributed by atoms with Crippen LogP contribution in [-0.2, 0) is 6.54 Å². The molecule has 0 bridgehead atoms. The predicted octanol–water partition coefficient (Wildman–Crippen LogP) is 3.08. The molecule has 176 valence electrons. The van der Waals surface area contributed by atoms with Crippen molar-refractivity contribution in [2.24, 2.45) is 17.3 Å². The number of hydrogen-bond donors (Lipinski definition) is 1. The van der Waals surface area contributed by atoms with Gasteiger partial charge in [-0.25, -0.2) is 9.07 Å². The molecule has 2 unspecified atom stereocenters. The number of methoxy groups -OCH3 is 1. The van der Waals surface area contributed by atoms with E-state index >= 15 is 0 Å². The molecule has 3 fully saturated rings. The first-order valence-corrected chi connectivity index (χ1v) is 12.0. The van der Waals surface area contributed by atoms with Gasteiger partial charge in [-0.15, -0.1) is 10.2 Å². The number of hydrogen-bond acceptors (Lipinski definition) is 8. The van der Waals surface area contributed by atoms with E-state index in [4.69, 9.17) is 14.8 Å². The van der Waals surface area contributed by atoms with Crippen LogP contribution in [0.3, 0.4) is 0 Å². The summed E-state index contributed by atoms with van der Waals surface area (Å²) < 4.78 is 20.7. The van der Waals surface area contributed by atoms with Crippen LogP contribution >= 0.6 is 0 Å². The Morgan fingerprint density at radius 1 is 1.15 bits per heavy atom. The molecule has 4 atom stereocenters. The molecule has 3 aromatic rings. The number of rotatable bonds is 5. The van der Waals surface area contributed by atoms with Crippen LogP contribution in [0.5, 0.6) is 5.88 Å². The molecular formula is C24H27FN8O. The van der Waals surface area contributed by atoms with Crippen LogP contribution in [0, 0.1) is 23.1 Å². The molecular weight excluding hydrogens is 435 g/mol. The molecule has 10 heteroatoms. The lowest BCUT2D eigenvalue weighted by Gasteiger charge is -2.65. The van der Waals surface area contributed by atoms with Gasteiger partial charge in [0.2, 0.25) is 17.8 Å². The fraction of sp³-hybridized carbons (Fsp3) is 0.500. The Balaban J connectivity index is 1.11. The smallest absolute Gasteiger partial charge is 0.244 e. The Hall–Kier alpha value is -3.43. The fourth-order valence-corrected chi connectivity index (χ4v) is 6.71. The summed E-state index contributed by atoms with van der Waals surface area (Å²) in [6.07, 6.45) is 5.33. The zero-order valence-electron chi connectivity index (χ0n) is 19.1. The van der Waals surface area contributed by atoms with Crippen molar-refractivity contribution >= 4 is 23.3 Å². The van der Waals surface area contributed by atoms with Crippen LogP contribution < -0.4 is 19.9 Å². The van der Waals surface area contributed by atoms with Gasteiger partial charge in [0.05, 0.1) is 19.0 Å². The van der Waals surface area contributed by atoms with Crippen LogP contribution in [-0.4, -0.2) is 57.7 Å². The predicted molar refractivity (Wildman–Crippen MR) is 125 cm³/mol. The Labute approximate surface area is 196 Å². The van der Waals surface area contributed by atoms with Crippen molar-refractivity contribution in [3.63, 3.8) is 0 Å². The number of aryl methyl sites for hydroxylation is 1. The number of ether oxygens (including phenoxy) is 1. The first kappa shape index (κ1) is 20.0. The highest BCUT2D eigenvalue weighted by Crippen LogP contribution is 2.68. The van der Waals surface area contributed by atoms with E-state index in [1.807, 2.05) is 16.9 Å². The third-order valence-electron chi connectivity index (χ3n) is 8.44. The number of benzene rings is 1. The fourth-order valence-electron chi connectivity index (χ4n) is 6.71. The third kappa shape index (κ3) is 2.83. The van der Waals surface area contributed by atoms with Gasteiger partial charge in [-0.05, 0) is 54.9 Å². The second kappa shape index (κ2) is 7.28. The molecule has 2 aliphatic heterocycles. The van der Waals surface area contributed by atoms with E-state index in [-0.39, 0.29) is 5.82 Å². The number of aromatic nitrogens is 5. The lowest BCUT2D eigenvalue weighted by atomic mass is 9.41. The molecule has 9 nitrogen and oxygen atoms in total. The normalized spacial score (nSPS) is 28.9. The third-order valence-corrected chi connectivity index (χ3v) is 8.44. The summed E-state index contributed by atoms with van der Waals surface area (Å²) in [7, 11) is 1.62. The van der Waals surface area contributed by atoms with Crippen molar-refractivity contribution < 1.29 is 9.13 Å². The van der Waals surface area contributed by atoms with Gasteiger partial charge in [0.1, 0.15) is 5.82 Å². The second-order valence-electron chi connectivity index (χ2n) is 9.93. The highest BCUT2D eigenvalue weighted by molar-refractivity contribution is 5.59. The van der Waals surface area contributed by atoms with Crippen molar-refractivity contribution in [1.29, 1.82) is 0 Å². The minimum Gasteiger partial charge on any atom is -0.480 e. The molecule has 1 aromatic carbocycles. The Bertz CT molecular complexity index is 1230. The van der Waals surface area contributed by atoms with Gasteiger partial charge in [-0.1, -0.05) is 0 Å². The summed E-state index contributed by atoms with van der Waals surface area (Å²) in [6.45, 7) is 3.73. The van der Waals surface area contributed by atoms with Gasteiger partial charge in [0.25, 0.3) is 0 Å². The maximum absolute atomic E-state index is 13.4. The minimum absolute atomic E-state index is 0.231. The van der Waals surface area contributed by atoms with Gasteiger partial charge in [-0.3, -0.25) is 0 Å². The SMILES string of the molecule is COc1cc(N2C[C@H]3[C@H](Nc4nc5n(n4)CCCN5c4ccc(F)cc4)C4CCC43C2)cnn1. The molecule has 4 aliphatic rings. The van der Waals surface area contributed by atoms with E-state index in [1.165, 1.54) is 25.0 Å². The highest BCUT2D eigenvalue weighted by atomic mass is 19.1. The van der Waals surface area contributed by atoms with Gasteiger partial charge < -0.3 is 19.9 Å². The van der Waals surface area contributed by atoms with E-state index in [0.29, 0.717) is 35.1 Å². The molecule has 1 saturated heterocycles. The van der Waals surface area contributed by atoms with E-state index in [2.05, 4.69) is 25.3 Å². The highest BCUT2D eigenvalue weighted by Gasteiger charge is 2.70. The molecule has 4 heterocycles. The summed E-state index contributed by atoms with van der Waals surface area (Å²) in [5.74, 6) is 3.03. The number of nitrogens with one attached hydrogen (secondary N) is 1. The zero-order valence-corrected chi connectivity index (χ0v) is 19.1. The standard InChI is InChI=1S/C24H27FN8O/c1-34-20-11-17(12-26-29-20)31-13-19-21(18-7-8-24(18,19)14-31)27-22-28-23-32(9-2-10-33(23)30-22)16-5-3-15(25)4-6-16/h3-6,11-12,18-19,21H,2,7-10,13-14H2,1H3,(H,27,30)/t18?,19-,21+,24?/m0/s1. The number of nitrogens with zero attached hydrogens (tertiary/aromatic N) is 7. The first-order chi connectivity index (χ1) is 16.6. The quantitative estimate of drug-likeness (QED) is 0.619. The van der Waals surface area contributed by atoms with Crippen molar-refractivity contribution in [1.82, 2.24) is 25.0 Å². The lowest BCUT2D eigenvalue weighted by Crippen LogP contribution is -2.68. The van der Waals surface area contributed by atoms with Crippen molar-refractivity contribution in [3.8, 4) is 5.88 Å². The van der Waals surface area contributed by atoms with Crippen LogP contribution in [0.4, 0.5) is 27.7 Å². The van der Waals surface area contributed by atoms with Crippen molar-refractivity contribution in [2.75, 3.05) is 41.9 Å². The second-order valence-corrected chi connectivity index (χ2v) is 9.93. The lowest BCUT2D eigenvalue weighted by molar-refractivity contribution is -0.117. The molecule has 2 aromatic heterocycles. The first-order valence-electron chi connectivity index (χ1n) is 12.0. The topological polar surface area (TPSA) is 84.2 Å². The molecule has 34 heavy (non-hydrogen) atoms. The van der Waals surface area contributed by atoms with Gasteiger partial charge in [0, 0.05) is 49.9 Å². The Morgan fingerprint density at radius 3 is 2.82 bits per heavy atom. The van der Waals surface area contributed by atoms with E-state index in [1.54, 1.807) is 19.2 Å². The largest absolute Gasteiger partial charge is 0.480 e. The molecule has 1 N–H and O–H groups in total. The summed E-state index contributed by atoms with van der Waals surface area (Å²) in [4.78, 5) is 9.42. The monoisotopic (exact) mass is 462 g/mol. The van der Waals surface area contributed by atoms with Crippen LogP contribution in [0.15, 0.2) is 36.5 Å². The summed E-state index contributed by atoms with van der Waals surface area (Å²) >= 11 is 0. The molecule has 2 saturated carbocycles. The van der Waals surface area contributed by atoms with E-state index in [0.717, 1.165) is 49.9 Å². The Kier molecular flexibility index (Phi) is 4.28. The van der Waals surface area contributed by atoms with Crippen molar-refractivity contribution in [2.45, 2.75) is 31.8 Å². The number of halogens is 1.